The number of benzene rings is 3. The van der Waals surface area contributed by atoms with Crippen LogP contribution in [0.2, 0.25) is 0 Å². The molecular formula is C32H36N2O6. The van der Waals surface area contributed by atoms with Gasteiger partial charge in [0.2, 0.25) is 0 Å². The molecule has 1 amide bonds. The van der Waals surface area contributed by atoms with Crippen LogP contribution in [0.5, 0.6) is 17.2 Å². The first kappa shape index (κ1) is 28.7. The summed E-state index contributed by atoms with van der Waals surface area (Å²) in [6.07, 6.45) is 0. The Morgan fingerprint density at radius 2 is 1.62 bits per heavy atom. The minimum atomic E-state index is -0.843. The van der Waals surface area contributed by atoms with Gasteiger partial charge in [0.15, 0.2) is 11.5 Å². The fraction of sp³-hybridized carbons (Fsp3) is 0.312. The Morgan fingerprint density at radius 3 is 2.27 bits per heavy atom. The molecule has 4 rings (SSSR count). The molecule has 8 heteroatoms. The highest BCUT2D eigenvalue weighted by atomic mass is 16.5. The van der Waals surface area contributed by atoms with Crippen molar-refractivity contribution >= 4 is 17.4 Å². The highest BCUT2D eigenvalue weighted by molar-refractivity contribution is 6.46. The van der Waals surface area contributed by atoms with Crippen LogP contribution in [0.1, 0.15) is 43.5 Å². The van der Waals surface area contributed by atoms with Gasteiger partial charge < -0.3 is 29.5 Å². The number of amides is 1. The predicted molar refractivity (Wildman–Crippen MR) is 153 cm³/mol. The molecule has 1 aliphatic rings. The molecule has 0 saturated carbocycles. The average molecular weight is 545 g/mol. The van der Waals surface area contributed by atoms with Crippen molar-refractivity contribution in [2.45, 2.75) is 33.4 Å². The van der Waals surface area contributed by atoms with Crippen molar-refractivity contribution in [3.63, 3.8) is 0 Å². The molecule has 210 valence electrons. The third-order valence-electron chi connectivity index (χ3n) is 7.07. The summed E-state index contributed by atoms with van der Waals surface area (Å²) in [4.78, 5) is 30.3. The maximum absolute atomic E-state index is 13.4. The molecule has 1 unspecified atom stereocenters. The Morgan fingerprint density at radius 1 is 0.925 bits per heavy atom. The molecule has 1 aliphatic heterocycles. The van der Waals surface area contributed by atoms with Gasteiger partial charge >= 0.3 is 0 Å². The third kappa shape index (κ3) is 6.29. The number of aliphatic hydroxyl groups excluding tert-OH is 1. The summed E-state index contributed by atoms with van der Waals surface area (Å²) >= 11 is 0. The van der Waals surface area contributed by atoms with Crippen molar-refractivity contribution in [2.24, 2.45) is 0 Å². The molecule has 8 nitrogen and oxygen atoms in total. The van der Waals surface area contributed by atoms with Crippen LogP contribution in [-0.4, -0.2) is 64.5 Å². The zero-order valence-electron chi connectivity index (χ0n) is 23.2. The second-order valence-corrected chi connectivity index (χ2v) is 9.48. The summed E-state index contributed by atoms with van der Waals surface area (Å²) in [6.45, 7) is 9.08. The van der Waals surface area contributed by atoms with Gasteiger partial charge in [-0.05, 0) is 67.5 Å². The maximum atomic E-state index is 13.4. The predicted octanol–water partition coefficient (Wildman–Crippen LogP) is 5.13. The Hall–Kier alpha value is -4.30. The van der Waals surface area contributed by atoms with Crippen molar-refractivity contribution in [1.29, 1.82) is 0 Å². The SMILES string of the molecule is CCOc1cc(C2/C(=C(\O)c3ccc(OCc4ccccc4)cc3)C(=O)C(=O)N2CCN(CC)CC)ccc1O. The Labute approximate surface area is 235 Å². The topological polar surface area (TPSA) is 99.5 Å². The number of hydrogen-bond donors (Lipinski definition) is 2. The molecule has 0 aliphatic carbocycles. The monoisotopic (exact) mass is 544 g/mol. The van der Waals surface area contributed by atoms with Crippen LogP contribution in [0.3, 0.4) is 0 Å². The molecule has 0 bridgehead atoms. The van der Waals surface area contributed by atoms with Crippen LogP contribution in [0.4, 0.5) is 0 Å². The fourth-order valence-corrected chi connectivity index (χ4v) is 4.82. The summed E-state index contributed by atoms with van der Waals surface area (Å²) in [6, 6.07) is 20.4. The van der Waals surface area contributed by atoms with Gasteiger partial charge in [-0.3, -0.25) is 9.59 Å². The number of phenolic OH excluding ortho intramolecular Hbond substituents is 1. The Balaban J connectivity index is 1.69. The first-order chi connectivity index (χ1) is 19.4. The molecule has 3 aromatic carbocycles. The van der Waals surface area contributed by atoms with Crippen molar-refractivity contribution in [3.8, 4) is 17.2 Å². The quantitative estimate of drug-likeness (QED) is 0.185. The van der Waals surface area contributed by atoms with Gasteiger partial charge in [0, 0.05) is 18.7 Å². The molecule has 2 N–H and O–H groups in total. The van der Waals surface area contributed by atoms with Crippen molar-refractivity contribution in [2.75, 3.05) is 32.8 Å². The van der Waals surface area contributed by atoms with E-state index < -0.39 is 17.7 Å². The van der Waals surface area contributed by atoms with E-state index in [2.05, 4.69) is 4.90 Å². The number of phenols is 1. The lowest BCUT2D eigenvalue weighted by Crippen LogP contribution is -2.38. The van der Waals surface area contributed by atoms with Crippen molar-refractivity contribution in [1.82, 2.24) is 9.80 Å². The number of nitrogens with zero attached hydrogens (tertiary/aromatic N) is 2. The third-order valence-corrected chi connectivity index (χ3v) is 7.07. The highest BCUT2D eigenvalue weighted by Gasteiger charge is 2.46. The highest BCUT2D eigenvalue weighted by Crippen LogP contribution is 2.41. The number of carbonyl (C=O) groups is 2. The number of ether oxygens (including phenoxy) is 2. The Bertz CT molecular complexity index is 1350. The molecular weight excluding hydrogens is 508 g/mol. The lowest BCUT2D eigenvalue weighted by molar-refractivity contribution is -0.140. The van der Waals surface area contributed by atoms with Crippen LogP contribution < -0.4 is 9.47 Å². The smallest absolute Gasteiger partial charge is 0.295 e. The number of likely N-dealkylation sites (N-methyl/N-ethyl adjacent to an activating group) is 1. The zero-order chi connectivity index (χ0) is 28.6. The maximum Gasteiger partial charge on any atom is 0.295 e. The van der Waals surface area contributed by atoms with Gasteiger partial charge in [-0.1, -0.05) is 50.2 Å². The van der Waals surface area contributed by atoms with Gasteiger partial charge in [0.05, 0.1) is 18.2 Å². The fourth-order valence-electron chi connectivity index (χ4n) is 4.82. The largest absolute Gasteiger partial charge is 0.507 e. The molecule has 1 saturated heterocycles. The van der Waals surface area contributed by atoms with Crippen molar-refractivity contribution in [3.05, 3.63) is 95.1 Å². The standard InChI is InChI=1S/C32H36N2O6/c1-4-33(5-2)18-19-34-29(24-14-17-26(35)27(20-24)39-6-3)28(31(37)32(34)38)30(36)23-12-15-25(16-13-23)40-21-22-10-8-7-9-11-22/h7-17,20,29,35-36H,4-6,18-19,21H2,1-3H3/b30-28+. The van der Waals surface area contributed by atoms with E-state index in [4.69, 9.17) is 9.47 Å². The zero-order valence-corrected chi connectivity index (χ0v) is 23.2. The van der Waals surface area contributed by atoms with E-state index in [1.807, 2.05) is 44.2 Å². The second kappa shape index (κ2) is 13.2. The first-order valence-corrected chi connectivity index (χ1v) is 13.6. The van der Waals surface area contributed by atoms with E-state index in [1.165, 1.54) is 11.0 Å². The molecule has 1 fully saturated rings. The lowest BCUT2D eigenvalue weighted by Gasteiger charge is -2.28. The number of carbonyl (C=O) groups excluding carboxylic acids is 2. The molecule has 1 atom stereocenters. The molecule has 1 heterocycles. The molecule has 40 heavy (non-hydrogen) atoms. The van der Waals surface area contributed by atoms with Gasteiger partial charge in [-0.25, -0.2) is 0 Å². The number of rotatable bonds is 12. The van der Waals surface area contributed by atoms with E-state index in [0.29, 0.717) is 43.2 Å². The molecule has 0 spiro atoms. The van der Waals surface area contributed by atoms with Gasteiger partial charge in [-0.15, -0.1) is 0 Å². The summed E-state index contributed by atoms with van der Waals surface area (Å²) in [7, 11) is 0. The number of Topliss-reactive ketones (excluding diaryl/α,β-unsaturated/α-hetero) is 1. The minimum absolute atomic E-state index is 0.00404. The normalized spacial score (nSPS) is 16.5. The van der Waals surface area contributed by atoms with E-state index in [0.717, 1.165) is 18.7 Å². The number of aliphatic hydroxyl groups is 1. The van der Waals surface area contributed by atoms with Crippen LogP contribution in [-0.2, 0) is 16.2 Å². The van der Waals surface area contributed by atoms with E-state index in [-0.39, 0.29) is 22.8 Å². The van der Waals surface area contributed by atoms with Gasteiger partial charge in [-0.2, -0.15) is 0 Å². The molecule has 0 aromatic heterocycles. The first-order valence-electron chi connectivity index (χ1n) is 13.6. The average Bonchev–Trinajstić information content (AvgIpc) is 3.23. The number of likely N-dealkylation sites (tertiary alicyclic amines) is 1. The summed E-state index contributed by atoms with van der Waals surface area (Å²) in [5.41, 5.74) is 1.97. The Kier molecular flexibility index (Phi) is 9.45. The molecule has 0 radical (unpaired) electrons. The van der Waals surface area contributed by atoms with Crippen LogP contribution in [0.25, 0.3) is 5.76 Å². The molecule has 3 aromatic rings. The van der Waals surface area contributed by atoms with E-state index in [1.54, 1.807) is 43.3 Å². The van der Waals surface area contributed by atoms with Gasteiger partial charge in [0.1, 0.15) is 18.1 Å². The van der Waals surface area contributed by atoms with Crippen LogP contribution in [0, 0.1) is 0 Å². The number of aromatic hydroxyl groups is 1. The van der Waals surface area contributed by atoms with Crippen LogP contribution in [0.15, 0.2) is 78.4 Å². The second-order valence-electron chi connectivity index (χ2n) is 9.48. The van der Waals surface area contributed by atoms with E-state index >= 15 is 0 Å². The summed E-state index contributed by atoms with van der Waals surface area (Å²) in [5, 5.41) is 21.7. The number of ketones is 1. The van der Waals surface area contributed by atoms with E-state index in [9.17, 15) is 19.8 Å². The van der Waals surface area contributed by atoms with Crippen LogP contribution >= 0.6 is 0 Å². The number of hydrogen-bond acceptors (Lipinski definition) is 7. The minimum Gasteiger partial charge on any atom is -0.507 e. The summed E-state index contributed by atoms with van der Waals surface area (Å²) < 4.78 is 11.4. The van der Waals surface area contributed by atoms with Crippen molar-refractivity contribution < 1.29 is 29.3 Å². The van der Waals surface area contributed by atoms with Gasteiger partial charge in [0.25, 0.3) is 11.7 Å². The lowest BCUT2D eigenvalue weighted by atomic mass is 9.95. The summed E-state index contributed by atoms with van der Waals surface area (Å²) in [5.74, 6) is -0.887.